The minimum absolute atomic E-state index is 0.0344. The Balaban J connectivity index is 1.59. The highest BCUT2D eigenvalue weighted by atomic mass is 35.5. The van der Waals surface area contributed by atoms with E-state index in [9.17, 15) is 4.79 Å². The molecule has 0 bridgehead atoms. The van der Waals surface area contributed by atoms with Gasteiger partial charge < -0.3 is 10.1 Å². The number of aromatic nitrogens is 2. The van der Waals surface area contributed by atoms with Gasteiger partial charge in [-0.1, -0.05) is 23.7 Å². The van der Waals surface area contributed by atoms with E-state index in [1.165, 1.54) is 0 Å². The van der Waals surface area contributed by atoms with Gasteiger partial charge in [0.05, 0.1) is 29.4 Å². The van der Waals surface area contributed by atoms with Crippen LogP contribution < -0.4 is 10.1 Å². The molecule has 0 unspecified atom stereocenters. The van der Waals surface area contributed by atoms with Gasteiger partial charge in [-0.2, -0.15) is 5.10 Å². The van der Waals surface area contributed by atoms with E-state index in [-0.39, 0.29) is 11.9 Å². The number of ether oxygens (including phenoxy) is 1. The van der Waals surface area contributed by atoms with Crippen LogP contribution >= 0.6 is 11.6 Å². The number of carbonyl (C=O) groups is 1. The van der Waals surface area contributed by atoms with Crippen LogP contribution in [-0.4, -0.2) is 22.8 Å². The average Bonchev–Trinajstić information content (AvgIpc) is 3.39. The fraction of sp³-hybridized carbons (Fsp3) is 0.238. The molecule has 1 fully saturated rings. The van der Waals surface area contributed by atoms with Gasteiger partial charge in [0.1, 0.15) is 5.75 Å². The Hall–Kier alpha value is -2.79. The third-order valence-corrected chi connectivity index (χ3v) is 5.15. The van der Waals surface area contributed by atoms with Gasteiger partial charge in [-0.15, -0.1) is 0 Å². The lowest BCUT2D eigenvalue weighted by molar-refractivity contribution is 0.0932. The normalized spacial score (nSPS) is 14.6. The van der Waals surface area contributed by atoms with Crippen LogP contribution in [0, 0.1) is 5.92 Å². The lowest BCUT2D eigenvalue weighted by Gasteiger charge is -2.20. The van der Waals surface area contributed by atoms with E-state index in [0.29, 0.717) is 16.5 Å². The highest BCUT2D eigenvalue weighted by Gasteiger charge is 2.34. The lowest BCUT2D eigenvalue weighted by atomic mass is 10.0. The molecule has 1 aliphatic carbocycles. The van der Waals surface area contributed by atoms with Crippen molar-refractivity contribution in [1.29, 1.82) is 0 Å². The molecule has 0 aliphatic heterocycles. The molecule has 4 rings (SSSR count). The van der Waals surface area contributed by atoms with Crippen LogP contribution in [0.3, 0.4) is 0 Å². The lowest BCUT2D eigenvalue weighted by Crippen LogP contribution is -2.30. The Labute approximate surface area is 162 Å². The summed E-state index contributed by atoms with van der Waals surface area (Å²) in [6.07, 6.45) is 5.74. The minimum Gasteiger partial charge on any atom is -0.497 e. The summed E-state index contributed by atoms with van der Waals surface area (Å²) in [7, 11) is 1.64. The van der Waals surface area contributed by atoms with Crippen molar-refractivity contribution in [3.63, 3.8) is 0 Å². The minimum atomic E-state index is -0.179. The van der Waals surface area contributed by atoms with E-state index in [2.05, 4.69) is 10.4 Å². The summed E-state index contributed by atoms with van der Waals surface area (Å²) in [6, 6.07) is 15.0. The van der Waals surface area contributed by atoms with Crippen molar-refractivity contribution < 1.29 is 9.53 Å². The van der Waals surface area contributed by atoms with Gasteiger partial charge in [0, 0.05) is 12.4 Å². The Morgan fingerprint density at radius 3 is 2.67 bits per heavy atom. The number of nitrogens with zero attached hydrogens (tertiary/aromatic N) is 2. The average molecular weight is 382 g/mol. The molecule has 1 aliphatic rings. The second-order valence-electron chi connectivity index (χ2n) is 6.68. The molecule has 5 nitrogen and oxygen atoms in total. The van der Waals surface area contributed by atoms with E-state index < -0.39 is 0 Å². The van der Waals surface area contributed by atoms with Gasteiger partial charge in [0.15, 0.2) is 0 Å². The summed E-state index contributed by atoms with van der Waals surface area (Å²) in [5, 5.41) is 7.80. The van der Waals surface area contributed by atoms with Gasteiger partial charge in [-0.05, 0) is 60.7 Å². The predicted molar refractivity (Wildman–Crippen MR) is 104 cm³/mol. The molecule has 2 aromatic carbocycles. The number of rotatable bonds is 6. The first-order chi connectivity index (χ1) is 13.2. The molecule has 27 heavy (non-hydrogen) atoms. The standard InChI is InChI=1S/C21H20ClN3O2/c1-27-17-8-5-15(6-9-17)20(14-3-4-14)24-21(26)18-13-16(7-10-19(18)22)25-12-2-11-23-25/h2,5-14,20H,3-4H2,1H3,(H,24,26)/t20-/m0/s1. The van der Waals surface area contributed by atoms with Crippen LogP contribution in [0.15, 0.2) is 60.9 Å². The van der Waals surface area contributed by atoms with Crippen molar-refractivity contribution in [2.45, 2.75) is 18.9 Å². The van der Waals surface area contributed by atoms with Crippen molar-refractivity contribution in [3.05, 3.63) is 77.1 Å². The van der Waals surface area contributed by atoms with Crippen molar-refractivity contribution in [2.24, 2.45) is 5.92 Å². The Morgan fingerprint density at radius 2 is 2.04 bits per heavy atom. The maximum absolute atomic E-state index is 13.0. The number of hydrogen-bond acceptors (Lipinski definition) is 3. The maximum atomic E-state index is 13.0. The molecule has 3 aromatic rings. The van der Waals surface area contributed by atoms with Crippen LogP contribution in [0.4, 0.5) is 0 Å². The molecule has 1 aromatic heterocycles. The zero-order valence-electron chi connectivity index (χ0n) is 14.9. The quantitative estimate of drug-likeness (QED) is 0.687. The van der Waals surface area contributed by atoms with E-state index in [4.69, 9.17) is 16.3 Å². The van der Waals surface area contributed by atoms with Crippen LogP contribution in [0.1, 0.15) is 34.8 Å². The van der Waals surface area contributed by atoms with Gasteiger partial charge in [-0.25, -0.2) is 4.68 Å². The van der Waals surface area contributed by atoms with Gasteiger partial charge in [0.25, 0.3) is 5.91 Å². The third kappa shape index (κ3) is 3.83. The molecule has 0 spiro atoms. The van der Waals surface area contributed by atoms with Gasteiger partial charge in [-0.3, -0.25) is 4.79 Å². The van der Waals surface area contributed by atoms with Crippen LogP contribution in [-0.2, 0) is 0 Å². The second-order valence-corrected chi connectivity index (χ2v) is 7.08. The summed E-state index contributed by atoms with van der Waals surface area (Å²) in [5.41, 5.74) is 2.32. The molecular weight excluding hydrogens is 362 g/mol. The van der Waals surface area contributed by atoms with Gasteiger partial charge >= 0.3 is 0 Å². The topological polar surface area (TPSA) is 56.1 Å². The Kier molecular flexibility index (Phi) is 4.86. The number of methoxy groups -OCH3 is 1. The molecule has 1 amide bonds. The zero-order chi connectivity index (χ0) is 18.8. The molecule has 138 valence electrons. The number of amides is 1. The molecule has 0 saturated heterocycles. The SMILES string of the molecule is COc1ccc([C@@H](NC(=O)c2cc(-n3cccn3)ccc2Cl)C2CC2)cc1. The summed E-state index contributed by atoms with van der Waals surface area (Å²) in [6.45, 7) is 0. The summed E-state index contributed by atoms with van der Waals surface area (Å²) in [4.78, 5) is 13.0. The monoisotopic (exact) mass is 381 g/mol. The van der Waals surface area contributed by atoms with Crippen molar-refractivity contribution in [1.82, 2.24) is 15.1 Å². The first kappa shape index (κ1) is 17.6. The number of hydrogen-bond donors (Lipinski definition) is 1. The molecule has 1 saturated carbocycles. The van der Waals surface area contributed by atoms with Gasteiger partial charge in [0.2, 0.25) is 0 Å². The highest BCUT2D eigenvalue weighted by molar-refractivity contribution is 6.33. The second kappa shape index (κ2) is 7.45. The molecular formula is C21H20ClN3O2. The summed E-state index contributed by atoms with van der Waals surface area (Å²) < 4.78 is 6.93. The fourth-order valence-corrected chi connectivity index (χ4v) is 3.39. The number of carbonyl (C=O) groups excluding carboxylic acids is 1. The maximum Gasteiger partial charge on any atom is 0.253 e. The predicted octanol–water partition coefficient (Wildman–Crippen LogP) is 4.42. The number of benzene rings is 2. The van der Waals surface area contributed by atoms with Crippen molar-refractivity contribution in [2.75, 3.05) is 7.11 Å². The molecule has 0 radical (unpaired) electrons. The first-order valence-electron chi connectivity index (χ1n) is 8.90. The smallest absolute Gasteiger partial charge is 0.253 e. The zero-order valence-corrected chi connectivity index (χ0v) is 15.7. The van der Waals surface area contributed by atoms with Crippen molar-refractivity contribution >= 4 is 17.5 Å². The number of halogens is 1. The van der Waals surface area contributed by atoms with E-state index in [0.717, 1.165) is 29.8 Å². The van der Waals surface area contributed by atoms with E-state index in [1.807, 2.05) is 42.6 Å². The highest BCUT2D eigenvalue weighted by Crippen LogP contribution is 2.41. The van der Waals surface area contributed by atoms with Crippen LogP contribution in [0.5, 0.6) is 5.75 Å². The van der Waals surface area contributed by atoms with E-state index >= 15 is 0 Å². The molecule has 1 N–H and O–H groups in total. The van der Waals surface area contributed by atoms with Crippen molar-refractivity contribution in [3.8, 4) is 11.4 Å². The third-order valence-electron chi connectivity index (χ3n) is 4.82. The van der Waals surface area contributed by atoms with E-state index in [1.54, 1.807) is 30.1 Å². The summed E-state index contributed by atoms with van der Waals surface area (Å²) in [5.74, 6) is 1.08. The fourth-order valence-electron chi connectivity index (χ4n) is 3.18. The molecule has 6 heteroatoms. The van der Waals surface area contributed by atoms with Crippen LogP contribution in [0.25, 0.3) is 5.69 Å². The largest absolute Gasteiger partial charge is 0.497 e. The first-order valence-corrected chi connectivity index (χ1v) is 9.28. The Morgan fingerprint density at radius 1 is 1.26 bits per heavy atom. The molecule has 1 heterocycles. The van der Waals surface area contributed by atoms with Crippen LogP contribution in [0.2, 0.25) is 5.02 Å². The number of nitrogens with one attached hydrogen (secondary N) is 1. The summed E-state index contributed by atoms with van der Waals surface area (Å²) >= 11 is 6.31. The Bertz CT molecular complexity index is 935. The molecule has 1 atom stereocenters.